The molecule has 0 saturated heterocycles. The molecule has 1 nitrogen and oxygen atoms in total. The van der Waals surface area contributed by atoms with Crippen LogP contribution in [0, 0.1) is 0 Å². The predicted molar refractivity (Wildman–Crippen MR) is 39.7 cm³/mol. The van der Waals surface area contributed by atoms with Crippen LogP contribution in [0.5, 0.6) is 0 Å². The molecule has 0 aliphatic carbocycles. The van der Waals surface area contributed by atoms with Gasteiger partial charge in [0.25, 0.3) is 0 Å². The average Bonchev–Trinajstić information content (AvgIpc) is 1.98. The van der Waals surface area contributed by atoms with Gasteiger partial charge in [0, 0.05) is 6.42 Å². The quantitative estimate of drug-likeness (QED) is 0.582. The molecule has 60 valence electrons. The number of rotatable bonds is 5. The Balaban J connectivity index is 3.42. The van der Waals surface area contributed by atoms with Crippen molar-refractivity contribution in [2.75, 3.05) is 0 Å². The smallest absolute Gasteiger partial charge is 0.166 e. The highest BCUT2D eigenvalue weighted by Crippen LogP contribution is 2.04. The van der Waals surface area contributed by atoms with E-state index < -0.39 is 6.17 Å². The first-order valence-corrected chi connectivity index (χ1v) is 3.89. The highest BCUT2D eigenvalue weighted by Gasteiger charge is 2.12. The number of ketones is 1. The number of halogens is 1. The second-order valence-electron chi connectivity index (χ2n) is 2.45. The number of carbonyl (C=O) groups is 1. The molecule has 0 bridgehead atoms. The normalized spacial score (nSPS) is 13.1. The Morgan fingerprint density at radius 2 is 2.10 bits per heavy atom. The number of unbranched alkanes of at least 4 members (excludes halogenated alkanes) is 1. The van der Waals surface area contributed by atoms with Crippen LogP contribution in [0.3, 0.4) is 0 Å². The van der Waals surface area contributed by atoms with E-state index in [0.29, 0.717) is 12.8 Å². The first-order chi connectivity index (χ1) is 4.72. The van der Waals surface area contributed by atoms with Crippen molar-refractivity contribution in [3.8, 4) is 0 Å². The van der Waals surface area contributed by atoms with E-state index in [-0.39, 0.29) is 5.78 Å². The summed E-state index contributed by atoms with van der Waals surface area (Å²) in [5.74, 6) is -0.232. The molecule has 0 amide bonds. The van der Waals surface area contributed by atoms with E-state index in [1.54, 1.807) is 6.92 Å². The molecular formula is C8H15FO. The van der Waals surface area contributed by atoms with E-state index >= 15 is 0 Å². The first-order valence-electron chi connectivity index (χ1n) is 3.89. The largest absolute Gasteiger partial charge is 0.296 e. The van der Waals surface area contributed by atoms with Gasteiger partial charge in [0.1, 0.15) is 0 Å². The predicted octanol–water partition coefficient (Wildman–Crippen LogP) is 2.49. The summed E-state index contributed by atoms with van der Waals surface area (Å²) in [6.45, 7) is 3.68. The maximum atomic E-state index is 12.5. The van der Waals surface area contributed by atoms with Gasteiger partial charge < -0.3 is 0 Å². The Morgan fingerprint density at radius 1 is 1.50 bits per heavy atom. The number of hydrogen-bond acceptors (Lipinski definition) is 1. The summed E-state index contributed by atoms with van der Waals surface area (Å²) in [6, 6.07) is 0. The highest BCUT2D eigenvalue weighted by atomic mass is 19.1. The Kier molecular flexibility index (Phi) is 5.17. The zero-order valence-corrected chi connectivity index (χ0v) is 6.69. The summed E-state index contributed by atoms with van der Waals surface area (Å²) < 4.78 is 12.5. The number of alkyl halides is 1. The van der Waals surface area contributed by atoms with Crippen molar-refractivity contribution in [2.24, 2.45) is 0 Å². The molecule has 0 heterocycles. The Bertz CT molecular complexity index is 101. The molecule has 0 N–H and O–H groups in total. The molecule has 0 aliphatic rings. The molecule has 0 spiro atoms. The summed E-state index contributed by atoms with van der Waals surface area (Å²) in [5, 5.41) is 0. The van der Waals surface area contributed by atoms with Crippen LogP contribution >= 0.6 is 0 Å². The van der Waals surface area contributed by atoms with Gasteiger partial charge in [0.05, 0.1) is 0 Å². The van der Waals surface area contributed by atoms with E-state index in [1.165, 1.54) is 0 Å². The van der Waals surface area contributed by atoms with Crippen LogP contribution in [0.4, 0.5) is 4.39 Å². The lowest BCUT2D eigenvalue weighted by Gasteiger charge is -2.01. The fourth-order valence-electron chi connectivity index (χ4n) is 0.735. The van der Waals surface area contributed by atoms with E-state index in [4.69, 9.17) is 0 Å². The second-order valence-corrected chi connectivity index (χ2v) is 2.45. The molecule has 0 radical (unpaired) electrons. The molecule has 1 atom stereocenters. The van der Waals surface area contributed by atoms with Crippen LogP contribution < -0.4 is 0 Å². The Morgan fingerprint density at radius 3 is 2.50 bits per heavy atom. The molecule has 0 aromatic heterocycles. The lowest BCUT2D eigenvalue weighted by Crippen LogP contribution is -2.13. The standard InChI is InChI=1S/C8H15FO/c1-3-5-6-8(10)7(9)4-2/h7H,3-6H2,1-2H3. The minimum Gasteiger partial charge on any atom is -0.296 e. The van der Waals surface area contributed by atoms with Crippen molar-refractivity contribution in [3.63, 3.8) is 0 Å². The maximum Gasteiger partial charge on any atom is 0.166 e. The van der Waals surface area contributed by atoms with Crippen molar-refractivity contribution in [3.05, 3.63) is 0 Å². The summed E-state index contributed by atoms with van der Waals surface area (Å²) in [5.41, 5.74) is 0. The zero-order valence-electron chi connectivity index (χ0n) is 6.69. The van der Waals surface area contributed by atoms with Crippen LogP contribution in [0.1, 0.15) is 39.5 Å². The van der Waals surface area contributed by atoms with Gasteiger partial charge in [-0.05, 0) is 12.8 Å². The fraction of sp³-hybridized carbons (Fsp3) is 0.875. The monoisotopic (exact) mass is 146 g/mol. The van der Waals surface area contributed by atoms with Crippen LogP contribution in [0.15, 0.2) is 0 Å². The van der Waals surface area contributed by atoms with E-state index in [9.17, 15) is 9.18 Å². The SMILES string of the molecule is CCCCC(=O)C(F)CC. The van der Waals surface area contributed by atoms with Gasteiger partial charge >= 0.3 is 0 Å². The van der Waals surface area contributed by atoms with E-state index in [2.05, 4.69) is 0 Å². The molecule has 2 heteroatoms. The molecule has 0 saturated carbocycles. The molecule has 1 unspecified atom stereocenters. The Hall–Kier alpha value is -0.400. The zero-order chi connectivity index (χ0) is 7.98. The third-order valence-corrected chi connectivity index (χ3v) is 1.48. The molecule has 0 aliphatic heterocycles. The van der Waals surface area contributed by atoms with E-state index in [1.807, 2.05) is 6.92 Å². The maximum absolute atomic E-state index is 12.5. The fourth-order valence-corrected chi connectivity index (χ4v) is 0.735. The minimum absolute atomic E-state index is 0.232. The van der Waals surface area contributed by atoms with Gasteiger partial charge in [0.15, 0.2) is 12.0 Å². The number of Topliss-reactive ketones (excluding diaryl/α,β-unsaturated/α-hetero) is 1. The van der Waals surface area contributed by atoms with Gasteiger partial charge in [-0.25, -0.2) is 4.39 Å². The topological polar surface area (TPSA) is 17.1 Å². The lowest BCUT2D eigenvalue weighted by molar-refractivity contribution is -0.124. The van der Waals surface area contributed by atoms with Crippen LogP contribution in [-0.4, -0.2) is 12.0 Å². The van der Waals surface area contributed by atoms with Gasteiger partial charge in [-0.1, -0.05) is 20.3 Å². The highest BCUT2D eigenvalue weighted by molar-refractivity contribution is 5.82. The van der Waals surface area contributed by atoms with Gasteiger partial charge in [-0.3, -0.25) is 4.79 Å². The van der Waals surface area contributed by atoms with Crippen molar-refractivity contribution in [1.29, 1.82) is 0 Å². The summed E-state index contributed by atoms with van der Waals surface area (Å²) in [7, 11) is 0. The minimum atomic E-state index is -1.22. The summed E-state index contributed by atoms with van der Waals surface area (Å²) in [6.07, 6.45) is 1.29. The van der Waals surface area contributed by atoms with Gasteiger partial charge in [0.2, 0.25) is 0 Å². The van der Waals surface area contributed by atoms with Crippen molar-refractivity contribution in [2.45, 2.75) is 45.7 Å². The Labute approximate surface area is 61.6 Å². The van der Waals surface area contributed by atoms with Crippen molar-refractivity contribution < 1.29 is 9.18 Å². The van der Waals surface area contributed by atoms with Crippen molar-refractivity contribution >= 4 is 5.78 Å². The molecule has 0 aromatic carbocycles. The summed E-state index contributed by atoms with van der Waals surface area (Å²) >= 11 is 0. The summed E-state index contributed by atoms with van der Waals surface area (Å²) in [4.78, 5) is 10.8. The molecule has 0 rings (SSSR count). The third-order valence-electron chi connectivity index (χ3n) is 1.48. The molecule has 0 fully saturated rings. The second kappa shape index (κ2) is 5.39. The molecular weight excluding hydrogens is 131 g/mol. The first kappa shape index (κ1) is 9.60. The lowest BCUT2D eigenvalue weighted by atomic mass is 10.1. The van der Waals surface area contributed by atoms with E-state index in [0.717, 1.165) is 12.8 Å². The third kappa shape index (κ3) is 3.59. The average molecular weight is 146 g/mol. The van der Waals surface area contributed by atoms with Gasteiger partial charge in [-0.2, -0.15) is 0 Å². The van der Waals surface area contributed by atoms with Crippen LogP contribution in [0.2, 0.25) is 0 Å². The molecule has 0 aromatic rings. The number of hydrogen-bond donors (Lipinski definition) is 0. The van der Waals surface area contributed by atoms with Gasteiger partial charge in [-0.15, -0.1) is 0 Å². The van der Waals surface area contributed by atoms with Crippen LogP contribution in [0.25, 0.3) is 0 Å². The van der Waals surface area contributed by atoms with Crippen LogP contribution in [-0.2, 0) is 4.79 Å². The van der Waals surface area contributed by atoms with Crippen molar-refractivity contribution in [1.82, 2.24) is 0 Å². The number of carbonyl (C=O) groups excluding carboxylic acids is 1. The molecule has 10 heavy (non-hydrogen) atoms.